The van der Waals surface area contributed by atoms with Crippen molar-refractivity contribution in [2.24, 2.45) is 0 Å². The lowest BCUT2D eigenvalue weighted by Crippen LogP contribution is -2.54. The molecule has 59 heavy (non-hydrogen) atoms. The molecule has 7 rings (SSSR count). The molecule has 2 aromatic heterocycles. The smallest absolute Gasteiger partial charge is 0.408 e. The number of rotatable bonds is 10. The molecule has 0 radical (unpaired) electrons. The Morgan fingerprint density at radius 1 is 0.864 bits per heavy atom. The van der Waals surface area contributed by atoms with Gasteiger partial charge in [0.25, 0.3) is 5.91 Å². The number of carbonyl (C=O) groups is 3. The maximum atomic E-state index is 13.3. The summed E-state index contributed by atoms with van der Waals surface area (Å²) in [6.07, 6.45) is 11.9. The van der Waals surface area contributed by atoms with E-state index >= 15 is 0 Å². The molecule has 3 aliphatic heterocycles. The lowest BCUT2D eigenvalue weighted by atomic mass is 9.90. The number of nitrogens with one attached hydrogen (secondary N) is 2. The standard InChI is InChI=1S/C45H54N8O5S/c1-44(2,3)58-43(56)50-45(4)19-25-53(26-20-45)39-29-48-40(30-47-39)59-37-8-6-7-34(27-37)49-41(54)32-9-12-35(13-10-32)52-23-17-36(18-24-52)51-21-15-31(16-22-51)33-11-14-38(46-28-33)42(55)57-5/h6-15,27-30,36H,16-26H2,1-5H3,(H,49,54)(H,50,56). The molecular formula is C45H54N8O5S. The zero-order valence-electron chi connectivity index (χ0n) is 34.6. The van der Waals surface area contributed by atoms with E-state index in [1.807, 2.05) is 75.4 Å². The summed E-state index contributed by atoms with van der Waals surface area (Å²) in [7, 11) is 1.36. The van der Waals surface area contributed by atoms with Gasteiger partial charge in [0.1, 0.15) is 22.1 Å². The molecule has 0 bridgehead atoms. The molecule has 2 saturated heterocycles. The number of carbonyl (C=O) groups excluding carboxylic acids is 3. The van der Waals surface area contributed by atoms with Crippen LogP contribution in [0.25, 0.3) is 5.57 Å². The maximum Gasteiger partial charge on any atom is 0.408 e. The van der Waals surface area contributed by atoms with Crippen LogP contribution in [0.2, 0.25) is 0 Å². The van der Waals surface area contributed by atoms with Crippen molar-refractivity contribution >= 4 is 52.5 Å². The predicted molar refractivity (Wildman–Crippen MR) is 231 cm³/mol. The first-order chi connectivity index (χ1) is 28.3. The number of esters is 1. The summed E-state index contributed by atoms with van der Waals surface area (Å²) in [6.45, 7) is 13.0. The minimum absolute atomic E-state index is 0.159. The summed E-state index contributed by atoms with van der Waals surface area (Å²) >= 11 is 1.49. The average Bonchev–Trinajstić information content (AvgIpc) is 3.23. The van der Waals surface area contributed by atoms with Gasteiger partial charge in [-0.1, -0.05) is 30.0 Å². The first-order valence-corrected chi connectivity index (χ1v) is 21.1. The van der Waals surface area contributed by atoms with Gasteiger partial charge in [0, 0.05) is 78.9 Å². The predicted octanol–water partition coefficient (Wildman–Crippen LogP) is 7.70. The normalized spacial score (nSPS) is 17.5. The van der Waals surface area contributed by atoms with Crippen LogP contribution in [-0.2, 0) is 9.47 Å². The van der Waals surface area contributed by atoms with Crippen molar-refractivity contribution in [2.75, 3.05) is 61.5 Å². The number of alkyl carbamates (subject to hydrolysis) is 1. The van der Waals surface area contributed by atoms with Gasteiger partial charge in [-0.25, -0.2) is 24.5 Å². The number of aromatic nitrogens is 3. The first-order valence-electron chi connectivity index (χ1n) is 20.3. The summed E-state index contributed by atoms with van der Waals surface area (Å²) in [4.78, 5) is 59.1. The van der Waals surface area contributed by atoms with E-state index in [-0.39, 0.29) is 17.5 Å². The van der Waals surface area contributed by atoms with Crippen LogP contribution in [0.15, 0.2) is 95.3 Å². The van der Waals surface area contributed by atoms with Crippen LogP contribution in [0.3, 0.4) is 0 Å². The number of ether oxygens (including phenoxy) is 2. The van der Waals surface area contributed by atoms with E-state index in [0.29, 0.717) is 23.0 Å². The van der Waals surface area contributed by atoms with Gasteiger partial charge in [0.15, 0.2) is 0 Å². The fourth-order valence-corrected chi connectivity index (χ4v) is 8.58. The summed E-state index contributed by atoms with van der Waals surface area (Å²) in [5.74, 6) is 0.221. The van der Waals surface area contributed by atoms with Gasteiger partial charge in [-0.2, -0.15) is 0 Å². The second kappa shape index (κ2) is 18.2. The van der Waals surface area contributed by atoms with E-state index in [0.717, 1.165) is 98.4 Å². The third-order valence-electron chi connectivity index (χ3n) is 11.2. The van der Waals surface area contributed by atoms with Gasteiger partial charge in [0.2, 0.25) is 0 Å². The molecule has 14 heteroatoms. The molecule has 310 valence electrons. The van der Waals surface area contributed by atoms with Crippen molar-refractivity contribution in [3.8, 4) is 0 Å². The molecule has 0 atom stereocenters. The number of amides is 2. The highest BCUT2D eigenvalue weighted by Crippen LogP contribution is 2.31. The van der Waals surface area contributed by atoms with Gasteiger partial charge in [-0.15, -0.1) is 0 Å². The van der Waals surface area contributed by atoms with E-state index < -0.39 is 11.6 Å². The van der Waals surface area contributed by atoms with Gasteiger partial charge in [-0.3, -0.25) is 9.69 Å². The Morgan fingerprint density at radius 3 is 2.25 bits per heavy atom. The van der Waals surface area contributed by atoms with Gasteiger partial charge < -0.3 is 29.9 Å². The van der Waals surface area contributed by atoms with Crippen LogP contribution in [0.4, 0.5) is 22.0 Å². The summed E-state index contributed by atoms with van der Waals surface area (Å²) < 4.78 is 10.2. The van der Waals surface area contributed by atoms with Gasteiger partial charge >= 0.3 is 12.1 Å². The summed E-state index contributed by atoms with van der Waals surface area (Å²) in [5.41, 5.74) is 4.21. The molecule has 5 heterocycles. The average molecular weight is 819 g/mol. The number of hydrogen-bond donors (Lipinski definition) is 2. The minimum Gasteiger partial charge on any atom is -0.464 e. The molecule has 4 aromatic rings. The second-order valence-corrected chi connectivity index (χ2v) is 17.7. The van der Waals surface area contributed by atoms with Gasteiger partial charge in [-0.05, 0) is 119 Å². The fourth-order valence-electron chi connectivity index (χ4n) is 7.79. The van der Waals surface area contributed by atoms with Crippen molar-refractivity contribution in [2.45, 2.75) is 86.9 Å². The third kappa shape index (κ3) is 11.0. The largest absolute Gasteiger partial charge is 0.464 e. The molecule has 3 aliphatic rings. The maximum absolute atomic E-state index is 13.3. The van der Waals surface area contributed by atoms with Crippen LogP contribution < -0.4 is 20.4 Å². The van der Waals surface area contributed by atoms with E-state index in [2.05, 4.69) is 48.3 Å². The lowest BCUT2D eigenvalue weighted by molar-refractivity contribution is 0.0447. The highest BCUT2D eigenvalue weighted by molar-refractivity contribution is 7.99. The number of anilines is 3. The Morgan fingerprint density at radius 2 is 1.63 bits per heavy atom. The third-order valence-corrected chi connectivity index (χ3v) is 12.1. The Labute approximate surface area is 351 Å². The molecule has 0 aliphatic carbocycles. The molecule has 2 fully saturated rings. The number of piperidine rings is 2. The number of hydrogen-bond acceptors (Lipinski definition) is 12. The van der Waals surface area contributed by atoms with Crippen LogP contribution in [-0.4, -0.2) is 101 Å². The number of methoxy groups -OCH3 is 1. The molecule has 0 spiro atoms. The Kier molecular flexibility index (Phi) is 12.9. The molecule has 2 aromatic carbocycles. The Hall–Kier alpha value is -5.47. The minimum atomic E-state index is -0.537. The molecule has 0 unspecified atom stereocenters. The highest BCUT2D eigenvalue weighted by Gasteiger charge is 2.34. The molecule has 2 N–H and O–H groups in total. The number of benzene rings is 2. The lowest BCUT2D eigenvalue weighted by Gasteiger charge is -2.40. The monoisotopic (exact) mass is 818 g/mol. The fraction of sp³-hybridized carbons (Fsp3) is 0.422. The SMILES string of the molecule is COC(=O)c1ccc(C2=CCN(C3CCN(c4ccc(C(=O)Nc5cccc(Sc6cnc(N7CCC(C)(NC(=O)OC(C)(C)C)CC7)cn6)c5)cc4)CC3)CC2)cn1. The first kappa shape index (κ1) is 41.7. The Balaban J connectivity index is 0.851. The Bertz CT molecular complexity index is 2120. The van der Waals surface area contributed by atoms with Gasteiger partial charge in [0.05, 0.1) is 19.5 Å². The molecule has 13 nitrogen and oxygen atoms in total. The van der Waals surface area contributed by atoms with Crippen LogP contribution in [0.5, 0.6) is 0 Å². The summed E-state index contributed by atoms with van der Waals surface area (Å²) in [6, 6.07) is 19.8. The van der Waals surface area contributed by atoms with Crippen LogP contribution in [0, 0.1) is 0 Å². The quantitative estimate of drug-likeness (QED) is 0.152. The molecule has 0 saturated carbocycles. The van der Waals surface area contributed by atoms with E-state index in [1.165, 1.54) is 24.4 Å². The zero-order chi connectivity index (χ0) is 41.6. The van der Waals surface area contributed by atoms with Crippen molar-refractivity contribution in [3.05, 3.63) is 102 Å². The van der Waals surface area contributed by atoms with Crippen molar-refractivity contribution in [1.29, 1.82) is 0 Å². The van der Waals surface area contributed by atoms with Crippen molar-refractivity contribution < 1.29 is 23.9 Å². The number of pyridine rings is 1. The van der Waals surface area contributed by atoms with E-state index in [1.54, 1.807) is 24.7 Å². The van der Waals surface area contributed by atoms with Crippen molar-refractivity contribution in [1.82, 2.24) is 25.2 Å². The van der Waals surface area contributed by atoms with E-state index in [4.69, 9.17) is 14.5 Å². The van der Waals surface area contributed by atoms with E-state index in [9.17, 15) is 14.4 Å². The zero-order valence-corrected chi connectivity index (χ0v) is 35.4. The second-order valence-electron chi connectivity index (χ2n) is 16.6. The highest BCUT2D eigenvalue weighted by atomic mass is 32.2. The van der Waals surface area contributed by atoms with Crippen molar-refractivity contribution in [3.63, 3.8) is 0 Å². The van der Waals surface area contributed by atoms with Crippen LogP contribution in [0.1, 0.15) is 86.2 Å². The van der Waals surface area contributed by atoms with Crippen LogP contribution >= 0.6 is 11.8 Å². The molecule has 2 amide bonds. The molecular weight excluding hydrogens is 765 g/mol. The number of nitrogens with zero attached hydrogens (tertiary/aromatic N) is 6. The topological polar surface area (TPSA) is 142 Å². The summed E-state index contributed by atoms with van der Waals surface area (Å²) in [5, 5.41) is 6.86.